The molecule has 5 aromatic rings. The third-order valence-corrected chi connectivity index (χ3v) is 7.95. The number of H-pyrrole nitrogens is 2. The minimum Gasteiger partial charge on any atom is -0.399 e. The third-order valence-electron chi connectivity index (χ3n) is 5.79. The van der Waals surface area contributed by atoms with Gasteiger partial charge in [-0.1, -0.05) is 30.3 Å². The van der Waals surface area contributed by atoms with Gasteiger partial charge in [0, 0.05) is 16.8 Å². The van der Waals surface area contributed by atoms with Gasteiger partial charge in [-0.25, -0.2) is 22.8 Å². The van der Waals surface area contributed by atoms with Crippen LogP contribution >= 0.6 is 0 Å². The number of sulfone groups is 1. The molecule has 0 spiro atoms. The Balaban J connectivity index is 1.81. The Morgan fingerprint density at radius 3 is 2.34 bits per heavy atom. The number of nitrogens with two attached hydrogens (primary N) is 2. The standard InChI is InChI=1S/C25H23FN6O2S/c1-13(2)35(33,34)20-11-15(10-19-23(20)32-25(28)29-19)22-21(14-6-4-3-5-7-14)30-24(31-22)17-9-8-16(27)12-18(17)26/h3-13H,27H2,1-2H3,(H,30,31)(H3,28,29,32). The highest BCUT2D eigenvalue weighted by atomic mass is 32.2. The van der Waals surface area contributed by atoms with Crippen LogP contribution in [0, 0.1) is 5.82 Å². The van der Waals surface area contributed by atoms with Gasteiger partial charge in [0.15, 0.2) is 15.8 Å². The molecule has 5 rings (SSSR count). The van der Waals surface area contributed by atoms with Crippen molar-refractivity contribution in [3.8, 4) is 33.9 Å². The van der Waals surface area contributed by atoms with Crippen LogP contribution in [-0.4, -0.2) is 33.6 Å². The zero-order valence-electron chi connectivity index (χ0n) is 19.0. The average Bonchev–Trinajstić information content (AvgIpc) is 3.42. The number of aromatic amines is 2. The zero-order chi connectivity index (χ0) is 24.9. The van der Waals surface area contributed by atoms with Crippen molar-refractivity contribution in [3.63, 3.8) is 0 Å². The molecule has 0 saturated heterocycles. The zero-order valence-corrected chi connectivity index (χ0v) is 19.8. The van der Waals surface area contributed by atoms with Gasteiger partial charge in [-0.2, -0.15) is 0 Å². The molecule has 8 nitrogen and oxygen atoms in total. The van der Waals surface area contributed by atoms with E-state index in [1.54, 1.807) is 38.1 Å². The van der Waals surface area contributed by atoms with Crippen molar-refractivity contribution in [1.29, 1.82) is 0 Å². The van der Waals surface area contributed by atoms with Crippen molar-refractivity contribution in [1.82, 2.24) is 19.9 Å². The SMILES string of the molecule is CC(C)S(=O)(=O)c1cc(-c2nc(-c3ccc(N)cc3F)[nH]c2-c2ccccc2)cc2[nH]c(N)nc12. The molecule has 0 radical (unpaired) electrons. The number of nitrogens with zero attached hydrogens (tertiary/aromatic N) is 2. The van der Waals surface area contributed by atoms with Crippen LogP contribution < -0.4 is 11.5 Å². The maximum Gasteiger partial charge on any atom is 0.198 e. The van der Waals surface area contributed by atoms with E-state index in [-0.39, 0.29) is 27.7 Å². The Hall–Kier alpha value is -4.18. The molecule has 35 heavy (non-hydrogen) atoms. The van der Waals surface area contributed by atoms with Crippen LogP contribution in [-0.2, 0) is 9.84 Å². The van der Waals surface area contributed by atoms with Crippen LogP contribution in [0.15, 0.2) is 65.6 Å². The highest BCUT2D eigenvalue weighted by Gasteiger charge is 2.26. The molecule has 0 aliphatic rings. The number of nitrogens with one attached hydrogen (secondary N) is 2. The van der Waals surface area contributed by atoms with Gasteiger partial charge in [-0.3, -0.25) is 0 Å². The number of benzene rings is 3. The molecule has 178 valence electrons. The van der Waals surface area contributed by atoms with Crippen molar-refractivity contribution in [2.45, 2.75) is 24.0 Å². The fourth-order valence-electron chi connectivity index (χ4n) is 3.96. The van der Waals surface area contributed by atoms with E-state index < -0.39 is 20.9 Å². The Kier molecular flexibility index (Phi) is 5.32. The summed E-state index contributed by atoms with van der Waals surface area (Å²) in [7, 11) is -3.70. The monoisotopic (exact) mass is 490 g/mol. The molecule has 0 aliphatic carbocycles. The van der Waals surface area contributed by atoms with Crippen molar-refractivity contribution >= 4 is 32.5 Å². The van der Waals surface area contributed by atoms with Gasteiger partial charge in [0.25, 0.3) is 0 Å². The first-order valence-corrected chi connectivity index (χ1v) is 12.4. The van der Waals surface area contributed by atoms with Crippen LogP contribution in [0.4, 0.5) is 16.0 Å². The smallest absolute Gasteiger partial charge is 0.198 e. The van der Waals surface area contributed by atoms with Crippen LogP contribution in [0.2, 0.25) is 0 Å². The predicted molar refractivity (Wildman–Crippen MR) is 136 cm³/mol. The lowest BCUT2D eigenvalue weighted by Gasteiger charge is -2.11. The molecule has 0 bridgehead atoms. The minimum absolute atomic E-state index is 0.0511. The minimum atomic E-state index is -3.70. The molecule has 2 aromatic heterocycles. The summed E-state index contributed by atoms with van der Waals surface area (Å²) in [5, 5.41) is -0.675. The second-order valence-corrected chi connectivity index (χ2v) is 11.0. The quantitative estimate of drug-likeness (QED) is 0.261. The largest absolute Gasteiger partial charge is 0.399 e. The highest BCUT2D eigenvalue weighted by molar-refractivity contribution is 7.92. The summed E-state index contributed by atoms with van der Waals surface area (Å²) in [5.41, 5.74) is 15.2. The summed E-state index contributed by atoms with van der Waals surface area (Å²) in [5.74, 6) is -0.133. The first kappa shape index (κ1) is 22.6. The third kappa shape index (κ3) is 3.91. The van der Waals surface area contributed by atoms with Crippen LogP contribution in [0.1, 0.15) is 13.8 Å². The summed E-state index contributed by atoms with van der Waals surface area (Å²) in [6.07, 6.45) is 0. The van der Waals surface area contributed by atoms with Crippen LogP contribution in [0.3, 0.4) is 0 Å². The van der Waals surface area contributed by atoms with Gasteiger partial charge < -0.3 is 21.4 Å². The molecule has 0 aliphatic heterocycles. The molecule has 10 heteroatoms. The Morgan fingerprint density at radius 2 is 1.66 bits per heavy atom. The molecule has 0 atom stereocenters. The highest BCUT2D eigenvalue weighted by Crippen LogP contribution is 2.37. The van der Waals surface area contributed by atoms with Gasteiger partial charge >= 0.3 is 0 Å². The number of nitrogen functional groups attached to an aromatic ring is 2. The second kappa shape index (κ2) is 8.24. The normalized spacial score (nSPS) is 12.0. The van der Waals surface area contributed by atoms with Crippen molar-refractivity contribution < 1.29 is 12.8 Å². The van der Waals surface area contributed by atoms with Crippen molar-refractivity contribution in [3.05, 3.63) is 66.5 Å². The van der Waals surface area contributed by atoms with Crippen LogP contribution in [0.5, 0.6) is 0 Å². The van der Waals surface area contributed by atoms with E-state index >= 15 is 0 Å². The molecule has 0 amide bonds. The first-order valence-electron chi connectivity index (χ1n) is 10.9. The summed E-state index contributed by atoms with van der Waals surface area (Å²) in [6.45, 7) is 3.21. The summed E-state index contributed by atoms with van der Waals surface area (Å²) >= 11 is 0. The van der Waals surface area contributed by atoms with E-state index in [2.05, 4.69) is 15.0 Å². The Morgan fingerprint density at radius 1 is 0.914 bits per heavy atom. The molecule has 0 saturated carbocycles. The molecule has 6 N–H and O–H groups in total. The van der Waals surface area contributed by atoms with Gasteiger partial charge in [0.05, 0.1) is 32.6 Å². The molecule has 0 unspecified atom stereocenters. The van der Waals surface area contributed by atoms with Gasteiger partial charge in [-0.15, -0.1) is 0 Å². The first-order chi connectivity index (χ1) is 16.6. The summed E-state index contributed by atoms with van der Waals surface area (Å²) < 4.78 is 41.2. The Bertz CT molecular complexity index is 1670. The van der Waals surface area contributed by atoms with Gasteiger partial charge in [0.2, 0.25) is 0 Å². The van der Waals surface area contributed by atoms with E-state index in [9.17, 15) is 12.8 Å². The van der Waals surface area contributed by atoms with E-state index in [4.69, 9.17) is 16.5 Å². The number of halogens is 1. The number of anilines is 2. The number of imidazole rings is 2. The molecule has 2 heterocycles. The fraction of sp³-hybridized carbons (Fsp3) is 0.120. The number of fused-ring (bicyclic) bond motifs is 1. The van der Waals surface area contributed by atoms with Crippen molar-refractivity contribution in [2.24, 2.45) is 0 Å². The number of aromatic nitrogens is 4. The lowest BCUT2D eigenvalue weighted by Crippen LogP contribution is -2.14. The molecule has 0 fully saturated rings. The predicted octanol–water partition coefficient (Wildman–Crippen LogP) is 4.77. The van der Waals surface area contributed by atoms with Crippen LogP contribution in [0.25, 0.3) is 44.9 Å². The Labute approximate surface area is 201 Å². The average molecular weight is 491 g/mol. The van der Waals surface area contributed by atoms with E-state index in [1.807, 2.05) is 30.3 Å². The second-order valence-electron chi connectivity index (χ2n) is 8.50. The number of hydrogen-bond donors (Lipinski definition) is 4. The summed E-state index contributed by atoms with van der Waals surface area (Å²) in [4.78, 5) is 15.1. The summed E-state index contributed by atoms with van der Waals surface area (Å²) in [6, 6.07) is 17.1. The number of hydrogen-bond acceptors (Lipinski definition) is 6. The molecule has 3 aromatic carbocycles. The van der Waals surface area contributed by atoms with E-state index in [0.29, 0.717) is 28.2 Å². The number of rotatable bonds is 5. The molecular weight excluding hydrogens is 467 g/mol. The maximum atomic E-state index is 14.8. The van der Waals surface area contributed by atoms with E-state index in [1.165, 1.54) is 6.07 Å². The lowest BCUT2D eigenvalue weighted by molar-refractivity contribution is 0.588. The van der Waals surface area contributed by atoms with Gasteiger partial charge in [-0.05, 0) is 44.2 Å². The molecular formula is C25H23FN6O2S. The fourth-order valence-corrected chi connectivity index (χ4v) is 5.18. The van der Waals surface area contributed by atoms with Gasteiger partial charge in [0.1, 0.15) is 17.2 Å². The van der Waals surface area contributed by atoms with E-state index in [0.717, 1.165) is 5.56 Å². The topological polar surface area (TPSA) is 144 Å². The van der Waals surface area contributed by atoms with Crippen molar-refractivity contribution in [2.75, 3.05) is 11.5 Å². The lowest BCUT2D eigenvalue weighted by atomic mass is 10.0. The maximum absolute atomic E-state index is 14.8.